The summed E-state index contributed by atoms with van der Waals surface area (Å²) in [6.45, 7) is 6.12. The van der Waals surface area contributed by atoms with E-state index in [0.717, 1.165) is 45.3 Å². The summed E-state index contributed by atoms with van der Waals surface area (Å²) in [5, 5.41) is 3.67. The molecule has 2 fully saturated rings. The van der Waals surface area contributed by atoms with Crippen LogP contribution in [0.3, 0.4) is 0 Å². The van der Waals surface area contributed by atoms with Crippen molar-refractivity contribution < 1.29 is 9.53 Å². The fraction of sp³-hybridized carbons (Fsp3) is 0.938. The Morgan fingerprint density at radius 1 is 1.30 bits per heavy atom. The van der Waals surface area contributed by atoms with E-state index in [1.165, 1.54) is 12.8 Å². The van der Waals surface area contributed by atoms with Gasteiger partial charge in [0.2, 0.25) is 5.91 Å². The van der Waals surface area contributed by atoms with Crippen LogP contribution in [0.1, 0.15) is 58.8 Å². The maximum Gasteiger partial charge on any atom is 0.244 e. The van der Waals surface area contributed by atoms with E-state index in [0.29, 0.717) is 11.8 Å². The number of nitrogens with one attached hydrogen (secondary N) is 1. The zero-order valence-electron chi connectivity index (χ0n) is 13.3. The van der Waals surface area contributed by atoms with Crippen LogP contribution >= 0.6 is 0 Å². The Hall–Kier alpha value is -0.610. The Morgan fingerprint density at radius 3 is 2.60 bits per heavy atom. The first kappa shape index (κ1) is 15.8. The molecule has 4 heteroatoms. The Morgan fingerprint density at radius 2 is 2.00 bits per heavy atom. The van der Waals surface area contributed by atoms with Gasteiger partial charge in [-0.3, -0.25) is 10.1 Å². The van der Waals surface area contributed by atoms with E-state index in [1.807, 2.05) is 0 Å². The van der Waals surface area contributed by atoms with Crippen LogP contribution in [0.2, 0.25) is 0 Å². The topological polar surface area (TPSA) is 41.6 Å². The van der Waals surface area contributed by atoms with Gasteiger partial charge in [0, 0.05) is 20.3 Å². The van der Waals surface area contributed by atoms with E-state index in [2.05, 4.69) is 24.1 Å². The maximum absolute atomic E-state index is 12.8. The third-order valence-electron chi connectivity index (χ3n) is 4.77. The van der Waals surface area contributed by atoms with Gasteiger partial charge < -0.3 is 9.64 Å². The van der Waals surface area contributed by atoms with E-state index >= 15 is 0 Å². The fourth-order valence-electron chi connectivity index (χ4n) is 3.63. The zero-order valence-corrected chi connectivity index (χ0v) is 13.3. The number of hydrogen-bond donors (Lipinski definition) is 1. The molecule has 1 aliphatic carbocycles. The first-order valence-corrected chi connectivity index (χ1v) is 8.18. The molecule has 1 amide bonds. The van der Waals surface area contributed by atoms with E-state index in [9.17, 15) is 4.79 Å². The molecule has 1 spiro atoms. The molecular weight excluding hydrogens is 252 g/mol. The average Bonchev–Trinajstić information content (AvgIpc) is 2.99. The predicted octanol–water partition coefficient (Wildman–Crippen LogP) is 2.53. The SMILES string of the molecule is COCCCCCN1C(=O)C2(CCCC2)NC1C(C)C. The lowest BCUT2D eigenvalue weighted by Gasteiger charge is -2.27. The second-order valence-electron chi connectivity index (χ2n) is 6.67. The van der Waals surface area contributed by atoms with Crippen LogP contribution in [0.5, 0.6) is 0 Å². The summed E-state index contributed by atoms with van der Waals surface area (Å²) in [5.74, 6) is 0.832. The van der Waals surface area contributed by atoms with Crippen molar-refractivity contribution in [2.75, 3.05) is 20.3 Å². The molecule has 0 bridgehead atoms. The normalized spacial score (nSPS) is 25.3. The molecule has 4 nitrogen and oxygen atoms in total. The fourth-order valence-corrected chi connectivity index (χ4v) is 3.63. The molecule has 1 saturated carbocycles. The van der Waals surface area contributed by atoms with Crippen LogP contribution in [-0.2, 0) is 9.53 Å². The highest BCUT2D eigenvalue weighted by atomic mass is 16.5. The molecule has 2 aliphatic rings. The van der Waals surface area contributed by atoms with Gasteiger partial charge in [0.25, 0.3) is 0 Å². The summed E-state index contributed by atoms with van der Waals surface area (Å²) in [6.07, 6.45) is 7.94. The number of ether oxygens (including phenoxy) is 1. The molecule has 0 aromatic heterocycles. The zero-order chi connectivity index (χ0) is 14.6. The van der Waals surface area contributed by atoms with Crippen LogP contribution in [0.4, 0.5) is 0 Å². The van der Waals surface area contributed by atoms with Crippen molar-refractivity contribution in [1.82, 2.24) is 10.2 Å². The van der Waals surface area contributed by atoms with Crippen LogP contribution in [0.25, 0.3) is 0 Å². The van der Waals surface area contributed by atoms with Crippen molar-refractivity contribution in [1.29, 1.82) is 0 Å². The number of unbranched alkanes of at least 4 members (excludes halogenated alkanes) is 2. The minimum Gasteiger partial charge on any atom is -0.385 e. The van der Waals surface area contributed by atoms with Crippen molar-refractivity contribution in [3.63, 3.8) is 0 Å². The van der Waals surface area contributed by atoms with Gasteiger partial charge >= 0.3 is 0 Å². The predicted molar refractivity (Wildman–Crippen MR) is 80.4 cm³/mol. The van der Waals surface area contributed by atoms with Crippen LogP contribution in [-0.4, -0.2) is 42.8 Å². The molecular formula is C16H30N2O2. The van der Waals surface area contributed by atoms with E-state index < -0.39 is 0 Å². The lowest BCUT2D eigenvalue weighted by molar-refractivity contribution is -0.133. The van der Waals surface area contributed by atoms with Gasteiger partial charge in [-0.25, -0.2) is 0 Å². The first-order valence-electron chi connectivity index (χ1n) is 8.18. The number of nitrogens with zero attached hydrogens (tertiary/aromatic N) is 1. The van der Waals surface area contributed by atoms with Crippen molar-refractivity contribution in [2.24, 2.45) is 5.92 Å². The third-order valence-corrected chi connectivity index (χ3v) is 4.77. The molecule has 116 valence electrons. The highest BCUT2D eigenvalue weighted by Gasteiger charge is 2.52. The monoisotopic (exact) mass is 282 g/mol. The largest absolute Gasteiger partial charge is 0.385 e. The minimum atomic E-state index is -0.221. The number of rotatable bonds is 7. The molecule has 1 N–H and O–H groups in total. The second kappa shape index (κ2) is 6.90. The second-order valence-corrected chi connectivity index (χ2v) is 6.67. The maximum atomic E-state index is 12.8. The molecule has 0 aromatic rings. The summed E-state index contributed by atoms with van der Waals surface area (Å²) in [4.78, 5) is 14.9. The quantitative estimate of drug-likeness (QED) is 0.730. The van der Waals surface area contributed by atoms with Crippen molar-refractivity contribution >= 4 is 5.91 Å². The summed E-state index contributed by atoms with van der Waals surface area (Å²) in [6, 6.07) is 0. The Labute approximate surface area is 123 Å². The molecule has 0 aromatic carbocycles. The lowest BCUT2D eigenvalue weighted by Crippen LogP contribution is -2.45. The van der Waals surface area contributed by atoms with E-state index in [-0.39, 0.29) is 11.7 Å². The summed E-state index contributed by atoms with van der Waals surface area (Å²) < 4.78 is 5.08. The summed E-state index contributed by atoms with van der Waals surface area (Å²) in [5.41, 5.74) is -0.221. The molecule has 20 heavy (non-hydrogen) atoms. The average molecular weight is 282 g/mol. The number of carbonyl (C=O) groups excluding carboxylic acids is 1. The minimum absolute atomic E-state index is 0.221. The van der Waals surface area contributed by atoms with Gasteiger partial charge in [0.1, 0.15) is 0 Å². The van der Waals surface area contributed by atoms with Crippen molar-refractivity contribution in [3.8, 4) is 0 Å². The molecule has 1 aliphatic heterocycles. The van der Waals surface area contributed by atoms with Gasteiger partial charge in [-0.05, 0) is 38.0 Å². The van der Waals surface area contributed by atoms with Crippen LogP contribution in [0.15, 0.2) is 0 Å². The Kier molecular flexibility index (Phi) is 5.44. The number of amides is 1. The molecule has 1 unspecified atom stereocenters. The summed E-state index contributed by atoms with van der Waals surface area (Å²) in [7, 11) is 1.74. The number of carbonyl (C=O) groups is 1. The smallest absolute Gasteiger partial charge is 0.244 e. The standard InChI is InChI=1S/C16H30N2O2/c1-13(2)14-17-16(9-5-6-10-16)15(19)18(14)11-7-4-8-12-20-3/h13-14,17H,4-12H2,1-3H3. The third kappa shape index (κ3) is 3.17. The van der Waals surface area contributed by atoms with E-state index in [4.69, 9.17) is 4.74 Å². The van der Waals surface area contributed by atoms with Gasteiger partial charge in [-0.15, -0.1) is 0 Å². The van der Waals surface area contributed by atoms with Gasteiger partial charge in [-0.1, -0.05) is 26.7 Å². The highest BCUT2D eigenvalue weighted by molar-refractivity contribution is 5.89. The Bertz CT molecular complexity index is 324. The highest BCUT2D eigenvalue weighted by Crippen LogP contribution is 2.37. The van der Waals surface area contributed by atoms with Gasteiger partial charge in [0.05, 0.1) is 11.7 Å². The van der Waals surface area contributed by atoms with E-state index in [1.54, 1.807) is 7.11 Å². The molecule has 0 radical (unpaired) electrons. The van der Waals surface area contributed by atoms with Crippen LogP contribution < -0.4 is 5.32 Å². The van der Waals surface area contributed by atoms with Crippen LogP contribution in [0, 0.1) is 5.92 Å². The van der Waals surface area contributed by atoms with Gasteiger partial charge in [-0.2, -0.15) is 0 Å². The number of hydrogen-bond acceptors (Lipinski definition) is 3. The number of methoxy groups -OCH3 is 1. The summed E-state index contributed by atoms with van der Waals surface area (Å²) >= 11 is 0. The Balaban J connectivity index is 1.92. The van der Waals surface area contributed by atoms with Crippen molar-refractivity contribution in [2.45, 2.75) is 70.5 Å². The first-order chi connectivity index (χ1) is 9.60. The molecule has 1 atom stereocenters. The van der Waals surface area contributed by atoms with Gasteiger partial charge in [0.15, 0.2) is 0 Å². The molecule has 1 heterocycles. The van der Waals surface area contributed by atoms with Crippen molar-refractivity contribution in [3.05, 3.63) is 0 Å². The molecule has 1 saturated heterocycles. The molecule has 2 rings (SSSR count). The lowest BCUT2D eigenvalue weighted by atomic mass is 9.98.